The molecule has 4 heteroatoms. The van der Waals surface area contributed by atoms with Gasteiger partial charge in [-0.25, -0.2) is 0 Å². The third kappa shape index (κ3) is 5.27. The van der Waals surface area contributed by atoms with Crippen molar-refractivity contribution in [3.8, 4) is 27.9 Å². The molecule has 0 N–H and O–H groups in total. The molecule has 4 nitrogen and oxygen atoms in total. The van der Waals surface area contributed by atoms with Crippen molar-refractivity contribution < 1.29 is 8.83 Å². The van der Waals surface area contributed by atoms with Crippen LogP contribution in [0.4, 0.5) is 17.1 Å². The molecule has 0 amide bonds. The summed E-state index contributed by atoms with van der Waals surface area (Å²) in [5.41, 5.74) is 14.5. The van der Waals surface area contributed by atoms with E-state index in [1.807, 2.05) is 12.1 Å². The molecule has 10 aromatic carbocycles. The maximum absolute atomic E-state index is 6.94. The predicted molar refractivity (Wildman–Crippen MR) is 258 cm³/mol. The third-order valence-corrected chi connectivity index (χ3v) is 12.6. The van der Waals surface area contributed by atoms with Gasteiger partial charge in [0.1, 0.15) is 22.3 Å². The molecule has 0 unspecified atom stereocenters. The van der Waals surface area contributed by atoms with Gasteiger partial charge < -0.3 is 18.3 Å². The van der Waals surface area contributed by atoms with Gasteiger partial charge in [-0.15, -0.1) is 0 Å². The summed E-state index contributed by atoms with van der Waals surface area (Å²) in [7, 11) is 0. The largest absolute Gasteiger partial charge is 0.456 e. The Labute approximate surface area is 356 Å². The number of fused-ring (bicyclic) bond motifs is 10. The van der Waals surface area contributed by atoms with Crippen molar-refractivity contribution in [3.63, 3.8) is 0 Å². The molecule has 3 aromatic heterocycles. The van der Waals surface area contributed by atoms with Gasteiger partial charge in [0, 0.05) is 49.6 Å². The fourth-order valence-corrected chi connectivity index (χ4v) is 9.79. The Kier molecular flexibility index (Phi) is 7.57. The number of aromatic nitrogens is 1. The molecule has 3 heterocycles. The summed E-state index contributed by atoms with van der Waals surface area (Å²) in [6.07, 6.45) is 0. The van der Waals surface area contributed by atoms with Crippen molar-refractivity contribution in [2.24, 2.45) is 0 Å². The molecule has 13 rings (SSSR count). The molecule has 0 bridgehead atoms. The van der Waals surface area contributed by atoms with Gasteiger partial charge in [-0.05, 0) is 106 Å². The minimum Gasteiger partial charge on any atom is -0.456 e. The lowest BCUT2D eigenvalue weighted by molar-refractivity contribution is 0.669. The Morgan fingerprint density at radius 2 is 0.968 bits per heavy atom. The zero-order valence-corrected chi connectivity index (χ0v) is 33.5. The Balaban J connectivity index is 1.01. The monoisotopic (exact) mass is 792 g/mol. The predicted octanol–water partition coefficient (Wildman–Crippen LogP) is 16.5. The number of para-hydroxylation sites is 4. The van der Waals surface area contributed by atoms with Crippen LogP contribution in [0.1, 0.15) is 0 Å². The number of anilines is 3. The maximum Gasteiger partial charge on any atom is 0.145 e. The van der Waals surface area contributed by atoms with Crippen LogP contribution in [0.5, 0.6) is 0 Å². The van der Waals surface area contributed by atoms with Crippen LogP contribution < -0.4 is 4.90 Å². The van der Waals surface area contributed by atoms with E-state index in [0.717, 1.165) is 88.9 Å². The molecule has 0 spiro atoms. The van der Waals surface area contributed by atoms with Crippen molar-refractivity contribution in [2.45, 2.75) is 0 Å². The van der Waals surface area contributed by atoms with Crippen LogP contribution in [-0.4, -0.2) is 4.57 Å². The number of rotatable bonds is 6. The van der Waals surface area contributed by atoms with Crippen molar-refractivity contribution in [3.05, 3.63) is 218 Å². The van der Waals surface area contributed by atoms with E-state index >= 15 is 0 Å². The highest BCUT2D eigenvalue weighted by Crippen LogP contribution is 2.47. The average Bonchev–Trinajstić information content (AvgIpc) is 4.02. The van der Waals surface area contributed by atoms with E-state index < -0.39 is 0 Å². The summed E-state index contributed by atoms with van der Waals surface area (Å²) in [6.45, 7) is 0. The van der Waals surface area contributed by atoms with E-state index in [-0.39, 0.29) is 0 Å². The second kappa shape index (κ2) is 13.6. The molecule has 62 heavy (non-hydrogen) atoms. The lowest BCUT2D eigenvalue weighted by Gasteiger charge is -2.27. The number of hydrogen-bond acceptors (Lipinski definition) is 3. The van der Waals surface area contributed by atoms with Crippen molar-refractivity contribution >= 4 is 93.5 Å². The van der Waals surface area contributed by atoms with E-state index in [9.17, 15) is 0 Å². The van der Waals surface area contributed by atoms with E-state index in [2.05, 4.69) is 216 Å². The number of hydrogen-bond donors (Lipinski definition) is 0. The molecule has 0 aliphatic heterocycles. The second-order valence-electron chi connectivity index (χ2n) is 16.0. The summed E-state index contributed by atoms with van der Waals surface area (Å²) in [5.74, 6) is 0. The fraction of sp³-hybridized carbons (Fsp3) is 0. The smallest absolute Gasteiger partial charge is 0.145 e. The van der Waals surface area contributed by atoms with Gasteiger partial charge in [0.2, 0.25) is 0 Å². The highest BCUT2D eigenvalue weighted by molar-refractivity contribution is 6.18. The summed E-state index contributed by atoms with van der Waals surface area (Å²) in [4.78, 5) is 2.38. The first kappa shape index (κ1) is 34.5. The van der Waals surface area contributed by atoms with Gasteiger partial charge in [0.15, 0.2) is 0 Å². The molecule has 0 aliphatic carbocycles. The lowest BCUT2D eigenvalue weighted by atomic mass is 9.98. The first-order valence-electron chi connectivity index (χ1n) is 21.1. The van der Waals surface area contributed by atoms with E-state index in [1.54, 1.807) is 0 Å². The number of benzene rings is 10. The standard InChI is InChI=1S/C58H36N2O2/c1-2-14-39-35-43(32-27-37(39)13-1)59(41-30-28-38(29-31-41)44-21-12-26-55-56(44)48-19-5-9-24-53(48)61-55)52-34-33-45(58-57(52)49-20-6-10-25-54(49)62-58)40-15-11-16-42(36-40)60-50-22-7-3-17-46(50)47-18-4-8-23-51(47)60/h1-36H. The van der Waals surface area contributed by atoms with Crippen LogP contribution in [0.25, 0.3) is 104 Å². The normalized spacial score (nSPS) is 11.9. The maximum atomic E-state index is 6.94. The van der Waals surface area contributed by atoms with E-state index in [1.165, 1.54) is 32.6 Å². The first-order chi connectivity index (χ1) is 30.7. The van der Waals surface area contributed by atoms with Gasteiger partial charge in [-0.1, -0.05) is 140 Å². The van der Waals surface area contributed by atoms with Gasteiger partial charge in [-0.3, -0.25) is 0 Å². The lowest BCUT2D eigenvalue weighted by Crippen LogP contribution is -2.10. The zero-order chi connectivity index (χ0) is 40.7. The summed E-state index contributed by atoms with van der Waals surface area (Å²) in [6, 6.07) is 78.0. The molecule has 0 fully saturated rings. The molecule has 13 aromatic rings. The highest BCUT2D eigenvalue weighted by Gasteiger charge is 2.23. The molecule has 0 atom stereocenters. The van der Waals surface area contributed by atoms with E-state index in [4.69, 9.17) is 8.83 Å². The first-order valence-corrected chi connectivity index (χ1v) is 21.1. The number of furan rings is 2. The molecule has 0 radical (unpaired) electrons. The molecule has 290 valence electrons. The second-order valence-corrected chi connectivity index (χ2v) is 16.0. The van der Waals surface area contributed by atoms with Crippen molar-refractivity contribution in [1.82, 2.24) is 4.57 Å². The molecule has 0 aliphatic rings. The Hall–Kier alpha value is -8.34. The van der Waals surface area contributed by atoms with Crippen molar-refractivity contribution in [1.29, 1.82) is 0 Å². The Bertz CT molecular complexity index is 3830. The SMILES string of the molecule is c1cc(-c2ccc(N(c3ccc(-c4cccc5oc6ccccc6c45)cc3)c3ccc4ccccc4c3)c3c2oc2ccccc23)cc(-n2c3ccccc3c3ccccc32)c1. The van der Waals surface area contributed by atoms with Crippen LogP contribution in [0.2, 0.25) is 0 Å². The molecule has 0 saturated heterocycles. The minimum atomic E-state index is 0.851. The van der Waals surface area contributed by atoms with Crippen LogP contribution in [0.3, 0.4) is 0 Å². The highest BCUT2D eigenvalue weighted by atomic mass is 16.3. The Morgan fingerprint density at radius 3 is 1.74 bits per heavy atom. The zero-order valence-electron chi connectivity index (χ0n) is 33.5. The molecular weight excluding hydrogens is 757 g/mol. The molecular formula is C58H36N2O2. The minimum absolute atomic E-state index is 0.851. The molecule has 0 saturated carbocycles. The Morgan fingerprint density at radius 1 is 0.355 bits per heavy atom. The van der Waals surface area contributed by atoms with Crippen molar-refractivity contribution in [2.75, 3.05) is 4.90 Å². The fourth-order valence-electron chi connectivity index (χ4n) is 9.79. The van der Waals surface area contributed by atoms with Gasteiger partial charge in [-0.2, -0.15) is 0 Å². The topological polar surface area (TPSA) is 34.5 Å². The van der Waals surface area contributed by atoms with Crippen LogP contribution in [0.15, 0.2) is 227 Å². The van der Waals surface area contributed by atoms with Gasteiger partial charge in [0.25, 0.3) is 0 Å². The summed E-state index contributed by atoms with van der Waals surface area (Å²) < 4.78 is 15.6. The van der Waals surface area contributed by atoms with Gasteiger partial charge >= 0.3 is 0 Å². The third-order valence-electron chi connectivity index (χ3n) is 12.6. The van der Waals surface area contributed by atoms with E-state index in [0.29, 0.717) is 0 Å². The summed E-state index contributed by atoms with van der Waals surface area (Å²) in [5, 5.41) is 9.24. The average molecular weight is 793 g/mol. The van der Waals surface area contributed by atoms with Crippen LogP contribution in [-0.2, 0) is 0 Å². The quantitative estimate of drug-likeness (QED) is 0.168. The van der Waals surface area contributed by atoms with Crippen LogP contribution >= 0.6 is 0 Å². The summed E-state index contributed by atoms with van der Waals surface area (Å²) >= 11 is 0. The number of nitrogens with zero attached hydrogens (tertiary/aromatic N) is 2. The van der Waals surface area contributed by atoms with Gasteiger partial charge in [0.05, 0.1) is 22.1 Å². The van der Waals surface area contributed by atoms with Crippen LogP contribution in [0, 0.1) is 0 Å².